The van der Waals surface area contributed by atoms with Crippen molar-refractivity contribution in [3.05, 3.63) is 43.0 Å². The van der Waals surface area contributed by atoms with Crippen molar-refractivity contribution >= 4 is 23.4 Å². The van der Waals surface area contributed by atoms with E-state index in [2.05, 4.69) is 30.7 Å². The molecule has 0 aliphatic heterocycles. The molecule has 0 unspecified atom stereocenters. The molecule has 0 spiro atoms. The summed E-state index contributed by atoms with van der Waals surface area (Å²) in [6.07, 6.45) is 7.14. The zero-order valence-electron chi connectivity index (χ0n) is 14.5. The molecule has 3 aromatic heterocycles. The van der Waals surface area contributed by atoms with Gasteiger partial charge in [0.15, 0.2) is 0 Å². The van der Waals surface area contributed by atoms with Gasteiger partial charge in [0.05, 0.1) is 30.6 Å². The van der Waals surface area contributed by atoms with Crippen molar-refractivity contribution in [2.75, 3.05) is 24.4 Å². The van der Waals surface area contributed by atoms with E-state index in [4.69, 9.17) is 4.74 Å². The first-order valence-electron chi connectivity index (χ1n) is 7.98. The lowest BCUT2D eigenvalue weighted by Crippen LogP contribution is -2.14. The highest BCUT2D eigenvalue weighted by molar-refractivity contribution is 5.89. The van der Waals surface area contributed by atoms with Crippen molar-refractivity contribution in [1.82, 2.24) is 24.7 Å². The SMILES string of the molecule is COCCC(=O)Nc1ccc(-c2ccnc(Nc3cnn(C)c3)n2)cn1. The topological polar surface area (TPSA) is 107 Å². The third-order valence-corrected chi connectivity index (χ3v) is 3.48. The number of amides is 1. The van der Waals surface area contributed by atoms with Crippen LogP contribution in [0.15, 0.2) is 43.0 Å². The Morgan fingerprint density at radius 2 is 2.12 bits per heavy atom. The molecule has 9 nitrogen and oxygen atoms in total. The summed E-state index contributed by atoms with van der Waals surface area (Å²) in [6.45, 7) is 0.373. The van der Waals surface area contributed by atoms with Crippen LogP contribution in [-0.2, 0) is 16.6 Å². The molecule has 0 fully saturated rings. The lowest BCUT2D eigenvalue weighted by Gasteiger charge is -2.07. The first kappa shape index (κ1) is 17.5. The highest BCUT2D eigenvalue weighted by Crippen LogP contribution is 2.19. The number of nitrogens with zero attached hydrogens (tertiary/aromatic N) is 5. The minimum atomic E-state index is -0.142. The molecule has 134 valence electrons. The molecular weight excluding hydrogens is 334 g/mol. The Morgan fingerprint density at radius 1 is 1.23 bits per heavy atom. The smallest absolute Gasteiger partial charge is 0.227 e. The number of carbonyl (C=O) groups excluding carboxylic acids is 1. The van der Waals surface area contributed by atoms with Crippen molar-refractivity contribution < 1.29 is 9.53 Å². The highest BCUT2D eigenvalue weighted by atomic mass is 16.5. The average molecular weight is 353 g/mol. The number of aryl methyl sites for hydroxylation is 1. The minimum absolute atomic E-state index is 0.142. The summed E-state index contributed by atoms with van der Waals surface area (Å²) in [5, 5.41) is 9.91. The van der Waals surface area contributed by atoms with Gasteiger partial charge in [-0.1, -0.05) is 0 Å². The van der Waals surface area contributed by atoms with Crippen LogP contribution in [0.4, 0.5) is 17.5 Å². The number of methoxy groups -OCH3 is 1. The molecule has 0 bridgehead atoms. The van der Waals surface area contributed by atoms with Crippen LogP contribution in [0.3, 0.4) is 0 Å². The molecule has 0 aliphatic rings. The maximum Gasteiger partial charge on any atom is 0.227 e. The number of carbonyl (C=O) groups is 1. The van der Waals surface area contributed by atoms with Gasteiger partial charge in [-0.2, -0.15) is 5.10 Å². The summed E-state index contributed by atoms with van der Waals surface area (Å²) < 4.78 is 6.57. The third-order valence-electron chi connectivity index (χ3n) is 3.48. The fourth-order valence-electron chi connectivity index (χ4n) is 2.21. The number of hydrogen-bond donors (Lipinski definition) is 2. The lowest BCUT2D eigenvalue weighted by atomic mass is 10.2. The second-order valence-electron chi connectivity index (χ2n) is 5.52. The molecule has 0 saturated heterocycles. The van der Waals surface area contributed by atoms with E-state index >= 15 is 0 Å². The van der Waals surface area contributed by atoms with Gasteiger partial charge in [0.25, 0.3) is 0 Å². The van der Waals surface area contributed by atoms with E-state index in [0.717, 1.165) is 16.9 Å². The van der Waals surface area contributed by atoms with Crippen LogP contribution < -0.4 is 10.6 Å². The molecule has 0 saturated carbocycles. The molecule has 0 aromatic carbocycles. The zero-order chi connectivity index (χ0) is 18.4. The van der Waals surface area contributed by atoms with Gasteiger partial charge in [0, 0.05) is 38.3 Å². The zero-order valence-corrected chi connectivity index (χ0v) is 14.5. The van der Waals surface area contributed by atoms with E-state index < -0.39 is 0 Å². The van der Waals surface area contributed by atoms with Crippen molar-refractivity contribution in [1.29, 1.82) is 0 Å². The van der Waals surface area contributed by atoms with Crippen molar-refractivity contribution in [3.63, 3.8) is 0 Å². The van der Waals surface area contributed by atoms with Crippen molar-refractivity contribution in [3.8, 4) is 11.3 Å². The summed E-state index contributed by atoms with van der Waals surface area (Å²) in [4.78, 5) is 24.6. The maximum atomic E-state index is 11.7. The Balaban J connectivity index is 1.69. The number of rotatable bonds is 7. The predicted octanol–water partition coefficient (Wildman–Crippen LogP) is 1.99. The molecular formula is C17H19N7O2. The number of anilines is 3. The lowest BCUT2D eigenvalue weighted by molar-refractivity contribution is -0.117. The van der Waals surface area contributed by atoms with Gasteiger partial charge in [-0.15, -0.1) is 0 Å². The van der Waals surface area contributed by atoms with Crippen molar-refractivity contribution in [2.45, 2.75) is 6.42 Å². The Bertz CT molecular complexity index is 877. The highest BCUT2D eigenvalue weighted by Gasteiger charge is 2.06. The molecule has 0 atom stereocenters. The molecule has 3 rings (SSSR count). The predicted molar refractivity (Wildman–Crippen MR) is 96.9 cm³/mol. The van der Waals surface area contributed by atoms with E-state index in [1.54, 1.807) is 42.5 Å². The summed E-state index contributed by atoms with van der Waals surface area (Å²) in [5.41, 5.74) is 2.34. The molecule has 1 amide bonds. The Morgan fingerprint density at radius 3 is 2.81 bits per heavy atom. The monoisotopic (exact) mass is 353 g/mol. The van der Waals surface area contributed by atoms with E-state index in [9.17, 15) is 4.79 Å². The Hall–Kier alpha value is -3.33. The van der Waals surface area contributed by atoms with Gasteiger partial charge < -0.3 is 15.4 Å². The van der Waals surface area contributed by atoms with Crippen LogP contribution >= 0.6 is 0 Å². The molecule has 26 heavy (non-hydrogen) atoms. The fraction of sp³-hybridized carbons (Fsp3) is 0.235. The van der Waals surface area contributed by atoms with Crippen LogP contribution in [0.25, 0.3) is 11.3 Å². The number of nitrogens with one attached hydrogen (secondary N) is 2. The second kappa shape index (κ2) is 8.17. The van der Waals surface area contributed by atoms with E-state index in [0.29, 0.717) is 18.4 Å². The van der Waals surface area contributed by atoms with E-state index in [-0.39, 0.29) is 12.3 Å². The van der Waals surface area contributed by atoms with Gasteiger partial charge in [-0.05, 0) is 18.2 Å². The Kier molecular flexibility index (Phi) is 5.49. The van der Waals surface area contributed by atoms with Gasteiger partial charge in [-0.3, -0.25) is 9.48 Å². The van der Waals surface area contributed by atoms with Crippen LogP contribution in [-0.4, -0.2) is 44.4 Å². The molecule has 3 aromatic rings. The second-order valence-corrected chi connectivity index (χ2v) is 5.52. The largest absolute Gasteiger partial charge is 0.384 e. The maximum absolute atomic E-state index is 11.7. The van der Waals surface area contributed by atoms with E-state index in [1.165, 1.54) is 0 Å². The number of pyridine rings is 1. The van der Waals surface area contributed by atoms with E-state index in [1.807, 2.05) is 19.3 Å². The van der Waals surface area contributed by atoms with Crippen LogP contribution in [0.1, 0.15) is 6.42 Å². The first-order valence-corrected chi connectivity index (χ1v) is 7.98. The van der Waals surface area contributed by atoms with Crippen molar-refractivity contribution in [2.24, 2.45) is 7.05 Å². The Labute approximate surface area is 150 Å². The summed E-state index contributed by atoms with van der Waals surface area (Å²) in [5.74, 6) is 0.808. The van der Waals surface area contributed by atoms with Gasteiger partial charge >= 0.3 is 0 Å². The average Bonchev–Trinajstić information content (AvgIpc) is 3.05. The molecule has 0 aliphatic carbocycles. The van der Waals surface area contributed by atoms with Gasteiger partial charge in [0.2, 0.25) is 11.9 Å². The summed E-state index contributed by atoms with van der Waals surface area (Å²) in [7, 11) is 3.39. The molecule has 0 radical (unpaired) electrons. The van der Waals surface area contributed by atoms with Gasteiger partial charge in [0.1, 0.15) is 5.82 Å². The first-order chi connectivity index (χ1) is 12.6. The number of aromatic nitrogens is 5. The fourth-order valence-corrected chi connectivity index (χ4v) is 2.21. The summed E-state index contributed by atoms with van der Waals surface area (Å²) >= 11 is 0. The van der Waals surface area contributed by atoms with Crippen LogP contribution in [0, 0.1) is 0 Å². The quantitative estimate of drug-likeness (QED) is 0.669. The normalized spacial score (nSPS) is 10.5. The molecule has 9 heteroatoms. The van der Waals surface area contributed by atoms with Crippen LogP contribution in [0.2, 0.25) is 0 Å². The standard InChI is InChI=1S/C17H19N7O2/c1-24-11-13(10-20-24)21-17-18-7-5-14(22-17)12-3-4-15(19-9-12)23-16(25)6-8-26-2/h3-5,7,9-11H,6,8H2,1-2H3,(H,18,21,22)(H,19,23,25). The number of ether oxygens (including phenoxy) is 1. The minimum Gasteiger partial charge on any atom is -0.384 e. The molecule has 2 N–H and O–H groups in total. The number of hydrogen-bond acceptors (Lipinski definition) is 7. The van der Waals surface area contributed by atoms with Crippen LogP contribution in [0.5, 0.6) is 0 Å². The van der Waals surface area contributed by atoms with Gasteiger partial charge in [-0.25, -0.2) is 15.0 Å². The third kappa shape index (κ3) is 4.61. The molecule has 3 heterocycles. The summed E-state index contributed by atoms with van der Waals surface area (Å²) in [6, 6.07) is 5.37.